The van der Waals surface area contributed by atoms with Crippen molar-refractivity contribution in [2.75, 3.05) is 0 Å². The highest BCUT2D eigenvalue weighted by atomic mass is 15.3. The van der Waals surface area contributed by atoms with Crippen LogP contribution in [-0.4, -0.2) is 12.2 Å². The number of guanidine groups is 1. The van der Waals surface area contributed by atoms with Gasteiger partial charge in [-0.1, -0.05) is 36.4 Å². The second kappa shape index (κ2) is 4.44. The van der Waals surface area contributed by atoms with E-state index in [0.29, 0.717) is 0 Å². The van der Waals surface area contributed by atoms with Gasteiger partial charge in [0, 0.05) is 0 Å². The third-order valence-electron chi connectivity index (χ3n) is 2.17. The third-order valence-corrected chi connectivity index (χ3v) is 2.17. The summed E-state index contributed by atoms with van der Waals surface area (Å²) in [7, 11) is 0. The molecule has 0 saturated carbocycles. The van der Waals surface area contributed by atoms with Gasteiger partial charge < -0.3 is 5.73 Å². The lowest BCUT2D eigenvalue weighted by atomic mass is 10.1. The lowest BCUT2D eigenvalue weighted by Crippen LogP contribution is -2.25. The Labute approximate surface area is 93.3 Å². The SMILES string of the molecule is N=C(N)N/N=C/c1ccc2ccccc2c1. The molecule has 0 fully saturated rings. The fourth-order valence-corrected chi connectivity index (χ4v) is 1.46. The quantitative estimate of drug-likeness (QED) is 0.402. The number of hydrazone groups is 1. The predicted octanol–water partition coefficient (Wildman–Crippen LogP) is 1.66. The van der Waals surface area contributed by atoms with Crippen LogP contribution in [-0.2, 0) is 0 Å². The molecule has 0 saturated heterocycles. The minimum absolute atomic E-state index is 0.169. The van der Waals surface area contributed by atoms with Crippen molar-refractivity contribution in [2.45, 2.75) is 0 Å². The first-order valence-corrected chi connectivity index (χ1v) is 4.87. The van der Waals surface area contributed by atoms with Gasteiger partial charge in [0.2, 0.25) is 5.96 Å². The molecule has 2 aromatic carbocycles. The van der Waals surface area contributed by atoms with Crippen LogP contribution in [0.15, 0.2) is 47.6 Å². The smallest absolute Gasteiger partial charge is 0.206 e. The number of nitrogens with zero attached hydrogens (tertiary/aromatic N) is 1. The Hall–Kier alpha value is -2.36. The highest BCUT2D eigenvalue weighted by Crippen LogP contribution is 2.14. The highest BCUT2D eigenvalue weighted by Gasteiger charge is 1.93. The standard InChI is InChI=1S/C12H12N4/c13-12(14)16-15-8-9-5-6-10-3-1-2-4-11(10)7-9/h1-8H,(H4,13,14,16)/b15-8+. The van der Waals surface area contributed by atoms with Crippen molar-refractivity contribution in [2.24, 2.45) is 10.8 Å². The minimum Gasteiger partial charge on any atom is -0.369 e. The summed E-state index contributed by atoms with van der Waals surface area (Å²) >= 11 is 0. The van der Waals surface area contributed by atoms with Crippen LogP contribution >= 0.6 is 0 Å². The molecule has 2 rings (SSSR count). The zero-order chi connectivity index (χ0) is 11.4. The Morgan fingerprint density at radius 1 is 1.19 bits per heavy atom. The predicted molar refractivity (Wildman–Crippen MR) is 66.6 cm³/mol. The second-order valence-electron chi connectivity index (χ2n) is 3.39. The van der Waals surface area contributed by atoms with Crippen molar-refractivity contribution in [1.82, 2.24) is 5.43 Å². The highest BCUT2D eigenvalue weighted by molar-refractivity contribution is 5.90. The Kier molecular flexibility index (Phi) is 2.82. The Morgan fingerprint density at radius 3 is 2.69 bits per heavy atom. The molecule has 0 spiro atoms. The van der Waals surface area contributed by atoms with E-state index in [-0.39, 0.29) is 5.96 Å². The van der Waals surface area contributed by atoms with Gasteiger partial charge in [0.05, 0.1) is 6.21 Å². The Morgan fingerprint density at radius 2 is 1.94 bits per heavy atom. The van der Waals surface area contributed by atoms with Gasteiger partial charge in [0.15, 0.2) is 0 Å². The van der Waals surface area contributed by atoms with Crippen molar-refractivity contribution in [1.29, 1.82) is 5.41 Å². The minimum atomic E-state index is -0.169. The van der Waals surface area contributed by atoms with E-state index in [0.717, 1.165) is 10.9 Å². The molecule has 0 radical (unpaired) electrons. The first-order chi connectivity index (χ1) is 7.75. The van der Waals surface area contributed by atoms with Gasteiger partial charge in [0.1, 0.15) is 0 Å². The summed E-state index contributed by atoms with van der Waals surface area (Å²) in [5.74, 6) is -0.169. The topological polar surface area (TPSA) is 74.3 Å². The van der Waals surface area contributed by atoms with Gasteiger partial charge in [0.25, 0.3) is 0 Å². The molecule has 0 unspecified atom stereocenters. The molecular formula is C12H12N4. The molecule has 16 heavy (non-hydrogen) atoms. The van der Waals surface area contributed by atoms with Crippen molar-refractivity contribution in [3.05, 3.63) is 48.0 Å². The molecule has 0 bridgehead atoms. The zero-order valence-electron chi connectivity index (χ0n) is 8.64. The van der Waals surface area contributed by atoms with Crippen LogP contribution in [0.4, 0.5) is 0 Å². The number of hydrogen-bond donors (Lipinski definition) is 3. The molecule has 0 aromatic heterocycles. The summed E-state index contributed by atoms with van der Waals surface area (Å²) in [6.45, 7) is 0. The molecule has 0 heterocycles. The summed E-state index contributed by atoms with van der Waals surface area (Å²) in [4.78, 5) is 0. The van der Waals surface area contributed by atoms with Gasteiger partial charge in [-0.2, -0.15) is 5.10 Å². The van der Waals surface area contributed by atoms with Gasteiger partial charge in [-0.15, -0.1) is 0 Å². The number of nitrogens with two attached hydrogens (primary N) is 1. The summed E-state index contributed by atoms with van der Waals surface area (Å²) in [5.41, 5.74) is 8.44. The molecule has 0 amide bonds. The van der Waals surface area contributed by atoms with Crippen LogP contribution in [0.3, 0.4) is 0 Å². The number of benzene rings is 2. The Bertz CT molecular complexity index is 545. The van der Waals surface area contributed by atoms with E-state index in [1.54, 1.807) is 6.21 Å². The molecule has 4 nitrogen and oxygen atoms in total. The first-order valence-electron chi connectivity index (χ1n) is 4.87. The van der Waals surface area contributed by atoms with E-state index >= 15 is 0 Å². The van der Waals surface area contributed by atoms with E-state index < -0.39 is 0 Å². The number of rotatable bonds is 2. The van der Waals surface area contributed by atoms with Gasteiger partial charge in [-0.3, -0.25) is 5.41 Å². The van der Waals surface area contributed by atoms with E-state index in [9.17, 15) is 0 Å². The number of hydrogen-bond acceptors (Lipinski definition) is 2. The van der Waals surface area contributed by atoms with E-state index in [2.05, 4.69) is 16.6 Å². The molecule has 4 N–H and O–H groups in total. The number of nitrogens with one attached hydrogen (secondary N) is 2. The molecule has 0 aliphatic heterocycles. The lowest BCUT2D eigenvalue weighted by molar-refractivity contribution is 1.00. The average molecular weight is 212 g/mol. The Balaban J connectivity index is 2.26. The molecular weight excluding hydrogens is 200 g/mol. The fourth-order valence-electron chi connectivity index (χ4n) is 1.46. The average Bonchev–Trinajstić information content (AvgIpc) is 2.28. The second-order valence-corrected chi connectivity index (χ2v) is 3.39. The third kappa shape index (κ3) is 2.36. The largest absolute Gasteiger partial charge is 0.369 e. The summed E-state index contributed by atoms with van der Waals surface area (Å²) < 4.78 is 0. The summed E-state index contributed by atoms with van der Waals surface area (Å²) in [5, 5.41) is 13.1. The summed E-state index contributed by atoms with van der Waals surface area (Å²) in [6.07, 6.45) is 1.63. The van der Waals surface area contributed by atoms with Crippen molar-refractivity contribution in [3.8, 4) is 0 Å². The molecule has 0 atom stereocenters. The maximum atomic E-state index is 6.94. The molecule has 0 aliphatic rings. The molecule has 0 aliphatic carbocycles. The van der Waals surface area contributed by atoms with Crippen LogP contribution in [0.1, 0.15) is 5.56 Å². The maximum Gasteiger partial charge on any atom is 0.206 e. The van der Waals surface area contributed by atoms with Crippen LogP contribution in [0.2, 0.25) is 0 Å². The maximum absolute atomic E-state index is 6.94. The van der Waals surface area contributed by atoms with Crippen LogP contribution in [0.25, 0.3) is 10.8 Å². The van der Waals surface area contributed by atoms with Crippen molar-refractivity contribution >= 4 is 22.9 Å². The van der Waals surface area contributed by atoms with Crippen molar-refractivity contribution in [3.63, 3.8) is 0 Å². The van der Waals surface area contributed by atoms with E-state index in [4.69, 9.17) is 11.1 Å². The van der Waals surface area contributed by atoms with Gasteiger partial charge in [-0.25, -0.2) is 5.43 Å². The van der Waals surface area contributed by atoms with Crippen LogP contribution in [0.5, 0.6) is 0 Å². The van der Waals surface area contributed by atoms with Gasteiger partial charge >= 0.3 is 0 Å². The van der Waals surface area contributed by atoms with Crippen molar-refractivity contribution < 1.29 is 0 Å². The molecule has 80 valence electrons. The van der Waals surface area contributed by atoms with Crippen LogP contribution < -0.4 is 11.2 Å². The summed E-state index contributed by atoms with van der Waals surface area (Å²) in [6, 6.07) is 14.1. The monoisotopic (exact) mass is 212 g/mol. The fraction of sp³-hybridized carbons (Fsp3) is 0. The molecule has 2 aromatic rings. The lowest BCUT2D eigenvalue weighted by Gasteiger charge is -1.99. The zero-order valence-corrected chi connectivity index (χ0v) is 8.64. The number of fused-ring (bicyclic) bond motifs is 1. The molecule has 4 heteroatoms. The van der Waals surface area contributed by atoms with E-state index in [1.807, 2.05) is 36.4 Å². The van der Waals surface area contributed by atoms with Crippen LogP contribution in [0, 0.1) is 5.41 Å². The first kappa shape index (κ1) is 10.2. The normalized spacial score (nSPS) is 10.8. The van der Waals surface area contributed by atoms with E-state index in [1.165, 1.54) is 5.39 Å². The van der Waals surface area contributed by atoms with Gasteiger partial charge in [-0.05, 0) is 22.4 Å².